The number of methoxy groups -OCH3 is 1. The van der Waals surface area contributed by atoms with E-state index in [1.165, 1.54) is 6.08 Å². The summed E-state index contributed by atoms with van der Waals surface area (Å²) in [7, 11) is 1.54. The first-order valence-corrected chi connectivity index (χ1v) is 6.45. The predicted molar refractivity (Wildman–Crippen MR) is 74.9 cm³/mol. The second kappa shape index (κ2) is 7.94. The van der Waals surface area contributed by atoms with Gasteiger partial charge in [0.1, 0.15) is 5.75 Å². The summed E-state index contributed by atoms with van der Waals surface area (Å²) in [5.41, 5.74) is 1.43. The number of benzene rings is 1. The van der Waals surface area contributed by atoms with E-state index >= 15 is 0 Å². The molecule has 0 radical (unpaired) electrons. The van der Waals surface area contributed by atoms with Gasteiger partial charge in [-0.2, -0.15) is 0 Å². The maximum Gasteiger partial charge on any atom is 0.124 e. The van der Waals surface area contributed by atoms with Gasteiger partial charge in [-0.1, -0.05) is 37.6 Å². The predicted octanol–water partition coefficient (Wildman–Crippen LogP) is 1.72. The van der Waals surface area contributed by atoms with Crippen molar-refractivity contribution >= 4 is 6.08 Å². The summed E-state index contributed by atoms with van der Waals surface area (Å²) in [6.45, 7) is 1.81. The lowest BCUT2D eigenvalue weighted by atomic mass is 10.0. The van der Waals surface area contributed by atoms with Crippen LogP contribution in [0.15, 0.2) is 24.3 Å². The molecule has 1 rings (SSSR count). The van der Waals surface area contributed by atoms with Crippen LogP contribution in [0.25, 0.3) is 6.08 Å². The fourth-order valence-corrected chi connectivity index (χ4v) is 1.90. The Kier molecular flexibility index (Phi) is 6.56. The Balaban J connectivity index is 2.87. The first-order valence-electron chi connectivity index (χ1n) is 6.45. The standard InChI is InChI=1S/C15H22O4/c1-3-5-13(17)14(18)9-8-11-6-4-7-15(19-2)12(11)10-16/h4,6-9,13-14,16-18H,3,5,10H2,1-2H3. The van der Waals surface area contributed by atoms with E-state index in [2.05, 4.69) is 0 Å². The first kappa shape index (κ1) is 15.7. The quantitative estimate of drug-likeness (QED) is 0.703. The molecule has 0 aliphatic rings. The molecule has 0 amide bonds. The van der Waals surface area contributed by atoms with Crippen molar-refractivity contribution in [3.05, 3.63) is 35.4 Å². The van der Waals surface area contributed by atoms with Crippen LogP contribution in [0, 0.1) is 0 Å². The van der Waals surface area contributed by atoms with Crippen molar-refractivity contribution < 1.29 is 20.1 Å². The zero-order valence-electron chi connectivity index (χ0n) is 11.4. The van der Waals surface area contributed by atoms with Crippen LogP contribution >= 0.6 is 0 Å². The van der Waals surface area contributed by atoms with Gasteiger partial charge in [0.25, 0.3) is 0 Å². The Morgan fingerprint density at radius 3 is 2.63 bits per heavy atom. The van der Waals surface area contributed by atoms with Gasteiger partial charge >= 0.3 is 0 Å². The van der Waals surface area contributed by atoms with Crippen LogP contribution in [0.2, 0.25) is 0 Å². The van der Waals surface area contributed by atoms with E-state index in [-0.39, 0.29) is 6.61 Å². The van der Waals surface area contributed by atoms with Gasteiger partial charge in [0.05, 0.1) is 25.9 Å². The van der Waals surface area contributed by atoms with Crippen molar-refractivity contribution in [2.24, 2.45) is 0 Å². The Hall–Kier alpha value is -1.36. The third-order valence-corrected chi connectivity index (χ3v) is 3.00. The van der Waals surface area contributed by atoms with Gasteiger partial charge in [-0.25, -0.2) is 0 Å². The lowest BCUT2D eigenvalue weighted by Crippen LogP contribution is -2.23. The zero-order chi connectivity index (χ0) is 14.3. The molecule has 1 aromatic rings. The molecular weight excluding hydrogens is 244 g/mol. The second-order valence-corrected chi connectivity index (χ2v) is 4.39. The van der Waals surface area contributed by atoms with Crippen molar-refractivity contribution in [1.82, 2.24) is 0 Å². The van der Waals surface area contributed by atoms with Crippen LogP contribution in [0.1, 0.15) is 30.9 Å². The molecule has 4 nitrogen and oxygen atoms in total. The third kappa shape index (κ3) is 4.35. The molecule has 106 valence electrons. The maximum atomic E-state index is 9.77. The van der Waals surface area contributed by atoms with Gasteiger partial charge in [0.15, 0.2) is 0 Å². The highest BCUT2D eigenvalue weighted by molar-refractivity contribution is 5.58. The zero-order valence-corrected chi connectivity index (χ0v) is 11.4. The summed E-state index contributed by atoms with van der Waals surface area (Å²) < 4.78 is 5.16. The fourth-order valence-electron chi connectivity index (χ4n) is 1.90. The summed E-state index contributed by atoms with van der Waals surface area (Å²) in [5.74, 6) is 0.605. The summed E-state index contributed by atoms with van der Waals surface area (Å²) in [4.78, 5) is 0. The molecule has 0 saturated heterocycles. The summed E-state index contributed by atoms with van der Waals surface area (Å²) in [6, 6.07) is 5.40. The van der Waals surface area contributed by atoms with Gasteiger partial charge in [0, 0.05) is 5.56 Å². The normalized spacial score (nSPS) is 14.6. The van der Waals surface area contributed by atoms with E-state index < -0.39 is 12.2 Å². The second-order valence-electron chi connectivity index (χ2n) is 4.39. The summed E-state index contributed by atoms with van der Waals surface area (Å²) >= 11 is 0. The molecule has 0 spiro atoms. The molecule has 0 aliphatic heterocycles. The molecule has 2 atom stereocenters. The molecule has 19 heavy (non-hydrogen) atoms. The molecule has 4 heteroatoms. The molecule has 2 unspecified atom stereocenters. The van der Waals surface area contributed by atoms with E-state index in [0.717, 1.165) is 12.0 Å². The largest absolute Gasteiger partial charge is 0.496 e. The molecular formula is C15H22O4. The highest BCUT2D eigenvalue weighted by Crippen LogP contribution is 2.23. The van der Waals surface area contributed by atoms with Crippen molar-refractivity contribution in [2.45, 2.75) is 38.6 Å². The van der Waals surface area contributed by atoms with Gasteiger partial charge in [-0.05, 0) is 18.1 Å². The van der Waals surface area contributed by atoms with Crippen LogP contribution in [-0.2, 0) is 6.61 Å². The van der Waals surface area contributed by atoms with Crippen LogP contribution < -0.4 is 4.74 Å². The van der Waals surface area contributed by atoms with E-state index in [0.29, 0.717) is 17.7 Å². The monoisotopic (exact) mass is 266 g/mol. The van der Waals surface area contributed by atoms with E-state index in [1.54, 1.807) is 19.3 Å². The molecule has 0 fully saturated rings. The molecule has 0 aliphatic carbocycles. The van der Waals surface area contributed by atoms with E-state index in [9.17, 15) is 15.3 Å². The minimum Gasteiger partial charge on any atom is -0.496 e. The number of ether oxygens (including phenoxy) is 1. The molecule has 3 N–H and O–H groups in total. The Labute approximate surface area is 114 Å². The van der Waals surface area contributed by atoms with Gasteiger partial charge in [-0.3, -0.25) is 0 Å². The lowest BCUT2D eigenvalue weighted by molar-refractivity contribution is 0.0432. The van der Waals surface area contributed by atoms with Crippen LogP contribution in [0.5, 0.6) is 5.75 Å². The number of aliphatic hydroxyl groups excluding tert-OH is 3. The van der Waals surface area contributed by atoms with E-state index in [4.69, 9.17) is 4.74 Å². The number of aliphatic hydroxyl groups is 3. The Morgan fingerprint density at radius 2 is 2.05 bits per heavy atom. The van der Waals surface area contributed by atoms with Gasteiger partial charge in [-0.15, -0.1) is 0 Å². The Morgan fingerprint density at radius 1 is 1.32 bits per heavy atom. The lowest BCUT2D eigenvalue weighted by Gasteiger charge is -2.14. The van der Waals surface area contributed by atoms with Gasteiger partial charge in [0.2, 0.25) is 0 Å². The first-order chi connectivity index (χ1) is 9.13. The topological polar surface area (TPSA) is 69.9 Å². The van der Waals surface area contributed by atoms with Crippen molar-refractivity contribution in [1.29, 1.82) is 0 Å². The Bertz CT molecular complexity index is 415. The van der Waals surface area contributed by atoms with Crippen molar-refractivity contribution in [3.8, 4) is 5.75 Å². The molecule has 0 saturated carbocycles. The minimum atomic E-state index is -0.905. The van der Waals surface area contributed by atoms with Crippen LogP contribution in [0.3, 0.4) is 0 Å². The smallest absolute Gasteiger partial charge is 0.124 e. The molecule has 0 aromatic heterocycles. The number of hydrogen-bond acceptors (Lipinski definition) is 4. The average Bonchev–Trinajstić information content (AvgIpc) is 2.44. The molecule has 1 aromatic carbocycles. The van der Waals surface area contributed by atoms with E-state index in [1.807, 2.05) is 19.1 Å². The minimum absolute atomic E-state index is 0.142. The van der Waals surface area contributed by atoms with Crippen molar-refractivity contribution in [2.75, 3.05) is 7.11 Å². The third-order valence-electron chi connectivity index (χ3n) is 3.00. The maximum absolute atomic E-state index is 9.77. The van der Waals surface area contributed by atoms with Crippen LogP contribution in [0.4, 0.5) is 0 Å². The average molecular weight is 266 g/mol. The fraction of sp³-hybridized carbons (Fsp3) is 0.467. The SMILES string of the molecule is CCCC(O)C(O)C=Cc1cccc(OC)c1CO. The highest BCUT2D eigenvalue weighted by atomic mass is 16.5. The van der Waals surface area contributed by atoms with Crippen LogP contribution in [-0.4, -0.2) is 34.6 Å². The van der Waals surface area contributed by atoms with Crippen molar-refractivity contribution in [3.63, 3.8) is 0 Å². The molecule has 0 bridgehead atoms. The number of rotatable bonds is 7. The highest BCUT2D eigenvalue weighted by Gasteiger charge is 2.12. The summed E-state index contributed by atoms with van der Waals surface area (Å²) in [5, 5.41) is 28.8. The molecule has 0 heterocycles. The number of hydrogen-bond donors (Lipinski definition) is 3. The summed E-state index contributed by atoms with van der Waals surface area (Å²) in [6.07, 6.45) is 2.93. The van der Waals surface area contributed by atoms with Gasteiger partial charge < -0.3 is 20.1 Å².